The minimum Gasteiger partial charge on any atom is -0.368 e. The van der Waals surface area contributed by atoms with Gasteiger partial charge in [0.05, 0.1) is 0 Å². The number of hydrogen-bond donors (Lipinski definition) is 1. The third kappa shape index (κ3) is 3.55. The van der Waals surface area contributed by atoms with Crippen molar-refractivity contribution in [1.82, 2.24) is 4.98 Å². The van der Waals surface area contributed by atoms with Crippen LogP contribution in [0.2, 0.25) is 0 Å². The molecule has 0 fully saturated rings. The summed E-state index contributed by atoms with van der Waals surface area (Å²) in [6.07, 6.45) is 0. The van der Waals surface area contributed by atoms with E-state index >= 15 is 0 Å². The Labute approximate surface area is 107 Å². The molecule has 0 aliphatic rings. The summed E-state index contributed by atoms with van der Waals surface area (Å²) in [5.41, 5.74) is 0. The van der Waals surface area contributed by atoms with E-state index in [1.807, 2.05) is 18.7 Å². The van der Waals surface area contributed by atoms with Gasteiger partial charge in [-0.15, -0.1) is 0 Å². The average Bonchev–Trinajstić information content (AvgIpc) is 2.30. The fourth-order valence-corrected chi connectivity index (χ4v) is 1.78. The van der Waals surface area contributed by atoms with Crippen LogP contribution in [0.25, 0.3) is 0 Å². The second kappa shape index (κ2) is 6.52. The summed E-state index contributed by atoms with van der Waals surface area (Å²) >= 11 is 0. The molecular formula is C13H21F2N3. The minimum absolute atomic E-state index is 0.108. The van der Waals surface area contributed by atoms with Gasteiger partial charge in [-0.1, -0.05) is 13.8 Å². The van der Waals surface area contributed by atoms with Gasteiger partial charge in [-0.25, -0.2) is 13.8 Å². The van der Waals surface area contributed by atoms with Crippen LogP contribution < -0.4 is 10.2 Å². The van der Waals surface area contributed by atoms with Crippen LogP contribution in [0.5, 0.6) is 0 Å². The SMILES string of the molecule is CCNc1nc(N(CC)CC(C)C)c(F)cc1F. The predicted molar refractivity (Wildman–Crippen MR) is 71.0 cm³/mol. The van der Waals surface area contributed by atoms with Crippen molar-refractivity contribution in [2.45, 2.75) is 27.7 Å². The second-order valence-electron chi connectivity index (χ2n) is 4.59. The summed E-state index contributed by atoms with van der Waals surface area (Å²) < 4.78 is 27.3. The van der Waals surface area contributed by atoms with E-state index in [-0.39, 0.29) is 11.6 Å². The summed E-state index contributed by atoms with van der Waals surface area (Å²) in [5, 5.41) is 2.80. The normalized spacial score (nSPS) is 10.8. The molecule has 0 amide bonds. The monoisotopic (exact) mass is 257 g/mol. The first kappa shape index (κ1) is 14.7. The molecule has 0 spiro atoms. The van der Waals surface area contributed by atoms with Gasteiger partial charge in [0.1, 0.15) is 0 Å². The number of anilines is 2. The highest BCUT2D eigenvalue weighted by Gasteiger charge is 2.17. The standard InChI is InChI=1S/C13H21F2N3/c1-5-16-12-10(14)7-11(15)13(17-12)18(6-2)8-9(3)4/h7,9H,5-6,8H2,1-4H3,(H,16,17). The fourth-order valence-electron chi connectivity index (χ4n) is 1.78. The summed E-state index contributed by atoms with van der Waals surface area (Å²) in [6, 6.07) is 0.892. The van der Waals surface area contributed by atoms with Crippen LogP contribution in [0.3, 0.4) is 0 Å². The third-order valence-electron chi connectivity index (χ3n) is 2.52. The molecule has 0 aliphatic heterocycles. The highest BCUT2D eigenvalue weighted by Crippen LogP contribution is 2.22. The molecule has 1 rings (SSSR count). The Morgan fingerprint density at radius 3 is 2.44 bits per heavy atom. The maximum absolute atomic E-state index is 13.8. The summed E-state index contributed by atoms with van der Waals surface area (Å²) in [4.78, 5) is 5.87. The first-order valence-electron chi connectivity index (χ1n) is 6.34. The Balaban J connectivity index is 3.08. The molecule has 0 saturated heterocycles. The minimum atomic E-state index is -0.654. The zero-order chi connectivity index (χ0) is 13.7. The topological polar surface area (TPSA) is 28.2 Å². The van der Waals surface area contributed by atoms with Gasteiger partial charge in [0.25, 0.3) is 0 Å². The van der Waals surface area contributed by atoms with Crippen molar-refractivity contribution in [2.24, 2.45) is 5.92 Å². The van der Waals surface area contributed by atoms with E-state index in [4.69, 9.17) is 0 Å². The fraction of sp³-hybridized carbons (Fsp3) is 0.615. The molecule has 1 heterocycles. The molecule has 0 aliphatic carbocycles. The van der Waals surface area contributed by atoms with Gasteiger partial charge >= 0.3 is 0 Å². The molecule has 3 nitrogen and oxygen atoms in total. The number of pyridine rings is 1. The summed E-state index contributed by atoms with van der Waals surface area (Å²) in [5.74, 6) is -0.561. The highest BCUT2D eigenvalue weighted by atomic mass is 19.1. The van der Waals surface area contributed by atoms with E-state index in [0.29, 0.717) is 25.6 Å². The lowest BCUT2D eigenvalue weighted by atomic mass is 10.2. The molecule has 0 radical (unpaired) electrons. The summed E-state index contributed by atoms with van der Waals surface area (Å²) in [6.45, 7) is 9.75. The molecule has 18 heavy (non-hydrogen) atoms. The van der Waals surface area contributed by atoms with Crippen LogP contribution in [0, 0.1) is 17.6 Å². The van der Waals surface area contributed by atoms with Crippen molar-refractivity contribution in [3.8, 4) is 0 Å². The molecule has 102 valence electrons. The van der Waals surface area contributed by atoms with Crippen molar-refractivity contribution < 1.29 is 8.78 Å². The quantitative estimate of drug-likeness (QED) is 0.847. The molecular weight excluding hydrogens is 236 g/mol. The van der Waals surface area contributed by atoms with Crippen molar-refractivity contribution in [1.29, 1.82) is 0 Å². The van der Waals surface area contributed by atoms with E-state index in [1.54, 1.807) is 0 Å². The van der Waals surface area contributed by atoms with Crippen LogP contribution in [-0.4, -0.2) is 24.6 Å². The van der Waals surface area contributed by atoms with Gasteiger partial charge in [0.2, 0.25) is 0 Å². The van der Waals surface area contributed by atoms with Crippen LogP contribution in [-0.2, 0) is 0 Å². The zero-order valence-corrected chi connectivity index (χ0v) is 11.4. The van der Waals surface area contributed by atoms with E-state index < -0.39 is 11.6 Å². The number of nitrogens with zero attached hydrogens (tertiary/aromatic N) is 2. The molecule has 1 N–H and O–H groups in total. The van der Waals surface area contributed by atoms with Crippen molar-refractivity contribution in [3.63, 3.8) is 0 Å². The maximum Gasteiger partial charge on any atom is 0.168 e. The lowest BCUT2D eigenvalue weighted by Crippen LogP contribution is -2.29. The number of halogens is 2. The molecule has 0 atom stereocenters. The lowest BCUT2D eigenvalue weighted by Gasteiger charge is -2.25. The first-order chi connectivity index (χ1) is 8.49. The van der Waals surface area contributed by atoms with Crippen LogP contribution >= 0.6 is 0 Å². The van der Waals surface area contributed by atoms with Crippen molar-refractivity contribution in [3.05, 3.63) is 17.7 Å². The largest absolute Gasteiger partial charge is 0.368 e. The Kier molecular flexibility index (Phi) is 5.31. The van der Waals surface area contributed by atoms with Crippen LogP contribution in [0.15, 0.2) is 6.07 Å². The molecule has 5 heteroatoms. The van der Waals surface area contributed by atoms with E-state index in [0.717, 1.165) is 6.07 Å². The van der Waals surface area contributed by atoms with Crippen LogP contribution in [0.1, 0.15) is 27.7 Å². The van der Waals surface area contributed by atoms with Crippen molar-refractivity contribution >= 4 is 11.6 Å². The number of hydrogen-bond acceptors (Lipinski definition) is 3. The zero-order valence-electron chi connectivity index (χ0n) is 11.4. The highest BCUT2D eigenvalue weighted by molar-refractivity contribution is 5.49. The Hall–Kier alpha value is -1.39. The van der Waals surface area contributed by atoms with Gasteiger partial charge in [0.15, 0.2) is 23.3 Å². The van der Waals surface area contributed by atoms with Gasteiger partial charge in [0, 0.05) is 25.7 Å². The number of rotatable bonds is 6. The molecule has 0 unspecified atom stereocenters. The van der Waals surface area contributed by atoms with E-state index in [1.165, 1.54) is 0 Å². The molecule has 1 aromatic rings. The van der Waals surface area contributed by atoms with Gasteiger partial charge < -0.3 is 10.2 Å². The molecule has 0 saturated carbocycles. The molecule has 0 bridgehead atoms. The maximum atomic E-state index is 13.8. The van der Waals surface area contributed by atoms with E-state index in [2.05, 4.69) is 24.1 Å². The van der Waals surface area contributed by atoms with Gasteiger partial charge in [-0.2, -0.15) is 0 Å². The summed E-state index contributed by atoms with van der Waals surface area (Å²) in [7, 11) is 0. The third-order valence-corrected chi connectivity index (χ3v) is 2.52. The predicted octanol–water partition coefficient (Wildman–Crippen LogP) is 3.27. The van der Waals surface area contributed by atoms with Gasteiger partial charge in [-0.3, -0.25) is 0 Å². The number of nitrogens with one attached hydrogen (secondary N) is 1. The van der Waals surface area contributed by atoms with E-state index in [9.17, 15) is 8.78 Å². The Morgan fingerprint density at radius 1 is 1.28 bits per heavy atom. The Morgan fingerprint density at radius 2 is 1.94 bits per heavy atom. The molecule has 0 aromatic carbocycles. The Bertz CT molecular complexity index is 394. The van der Waals surface area contributed by atoms with Crippen molar-refractivity contribution in [2.75, 3.05) is 29.9 Å². The number of aromatic nitrogens is 1. The smallest absolute Gasteiger partial charge is 0.168 e. The second-order valence-corrected chi connectivity index (χ2v) is 4.59. The van der Waals surface area contributed by atoms with Gasteiger partial charge in [-0.05, 0) is 19.8 Å². The lowest BCUT2D eigenvalue weighted by molar-refractivity contribution is 0.556. The first-order valence-corrected chi connectivity index (χ1v) is 6.34. The average molecular weight is 257 g/mol. The molecule has 1 aromatic heterocycles. The van der Waals surface area contributed by atoms with Crippen LogP contribution in [0.4, 0.5) is 20.4 Å².